The average Bonchev–Trinajstić information content (AvgIpc) is 2.48. The molecular weight excluding hydrogens is 355 g/mol. The summed E-state index contributed by atoms with van der Waals surface area (Å²) in [7, 11) is 4.99. The third-order valence-electron chi connectivity index (χ3n) is 2.59. The van der Waals surface area contributed by atoms with Crippen LogP contribution in [0.5, 0.6) is 17.2 Å². The zero-order valence-electron chi connectivity index (χ0n) is 11.1. The number of hydrogen-bond donors (Lipinski definition) is 0. The smallest absolute Gasteiger partial charge is 0.366 e. The number of benzene rings is 2. The maximum absolute atomic E-state index is 5.47. The molecule has 0 bridgehead atoms. The molecule has 0 heterocycles. The summed E-state index contributed by atoms with van der Waals surface area (Å²) in [5, 5.41) is 0. The lowest BCUT2D eigenvalue weighted by Crippen LogP contribution is -3.61. The minimum Gasteiger partial charge on any atom is -0.496 e. The van der Waals surface area contributed by atoms with Gasteiger partial charge in [0.2, 0.25) is 0 Å². The summed E-state index contributed by atoms with van der Waals surface area (Å²) in [5.74, 6) is 2.40. The van der Waals surface area contributed by atoms with E-state index in [0.717, 1.165) is 20.8 Å². The maximum Gasteiger partial charge on any atom is 0.366 e. The van der Waals surface area contributed by atoms with Crippen LogP contribution < -0.4 is 35.4 Å². The van der Waals surface area contributed by atoms with E-state index in [1.165, 1.54) is 3.57 Å². The molecule has 2 rings (SSSR count). The van der Waals surface area contributed by atoms with Crippen LogP contribution >= 0.6 is 0 Å². The number of hydrogen-bond acceptors (Lipinski definition) is 3. The van der Waals surface area contributed by atoms with E-state index in [1.807, 2.05) is 18.2 Å². The van der Waals surface area contributed by atoms with Crippen LogP contribution in [0.4, 0.5) is 0 Å². The van der Waals surface area contributed by atoms with Crippen LogP contribution in [0.1, 0.15) is 0 Å². The molecule has 0 spiro atoms. The topological polar surface area (TPSA) is 27.7 Å². The second kappa shape index (κ2) is 6.65. The number of methoxy groups -OCH3 is 3. The van der Waals surface area contributed by atoms with Gasteiger partial charge in [0, 0.05) is 12.1 Å². The summed E-state index contributed by atoms with van der Waals surface area (Å²) in [6.45, 7) is 0. The summed E-state index contributed by atoms with van der Waals surface area (Å²) < 4.78 is 18.7. The van der Waals surface area contributed by atoms with Crippen molar-refractivity contribution in [1.82, 2.24) is 0 Å². The van der Waals surface area contributed by atoms with Gasteiger partial charge in [-0.25, -0.2) is 0 Å². The largest absolute Gasteiger partial charge is 0.496 e. The van der Waals surface area contributed by atoms with Crippen molar-refractivity contribution in [2.45, 2.75) is 0 Å². The molecule has 0 saturated heterocycles. The monoisotopic (exact) mass is 371 g/mol. The van der Waals surface area contributed by atoms with Crippen LogP contribution in [-0.4, -0.2) is 21.3 Å². The van der Waals surface area contributed by atoms with E-state index < -0.39 is 0 Å². The van der Waals surface area contributed by atoms with Crippen molar-refractivity contribution in [1.29, 1.82) is 0 Å². The Morgan fingerprint density at radius 2 is 1.37 bits per heavy atom. The molecule has 0 N–H and O–H groups in total. The molecule has 3 nitrogen and oxygen atoms in total. The van der Waals surface area contributed by atoms with Crippen LogP contribution in [0.25, 0.3) is 0 Å². The van der Waals surface area contributed by atoms with Crippen molar-refractivity contribution in [2.75, 3.05) is 21.3 Å². The Kier molecular flexibility index (Phi) is 4.90. The molecule has 2 aromatic rings. The summed E-state index contributed by atoms with van der Waals surface area (Å²) in [5.41, 5.74) is 0. The third kappa shape index (κ3) is 3.32. The zero-order valence-corrected chi connectivity index (χ0v) is 13.3. The Labute approximate surface area is 123 Å². The lowest BCUT2D eigenvalue weighted by Gasteiger charge is -2.08. The van der Waals surface area contributed by atoms with Crippen LogP contribution in [-0.2, 0) is 0 Å². The first-order valence-corrected chi connectivity index (χ1v) is 7.94. The van der Waals surface area contributed by atoms with Crippen LogP contribution in [0.3, 0.4) is 0 Å². The molecule has 0 atom stereocenters. The quantitative estimate of drug-likeness (QED) is 0.684. The molecule has 0 fully saturated rings. The number of ether oxygens (including phenoxy) is 3. The first-order valence-electron chi connectivity index (χ1n) is 5.78. The fourth-order valence-corrected chi connectivity index (χ4v) is 4.32. The summed E-state index contributed by atoms with van der Waals surface area (Å²) in [6, 6.07) is 14.2. The van der Waals surface area contributed by atoms with Gasteiger partial charge in [-0.05, 0) is 12.1 Å². The minimum atomic E-state index is -0.351. The zero-order chi connectivity index (χ0) is 13.7. The van der Waals surface area contributed by atoms with Gasteiger partial charge in [-0.15, -0.1) is 0 Å². The number of halogens is 1. The predicted octanol–water partition coefficient (Wildman–Crippen LogP) is -0.159. The Morgan fingerprint density at radius 1 is 0.789 bits per heavy atom. The molecule has 0 radical (unpaired) electrons. The van der Waals surface area contributed by atoms with Gasteiger partial charge >= 0.3 is 21.2 Å². The highest BCUT2D eigenvalue weighted by molar-refractivity contribution is 5.41. The SMILES string of the molecule is COc1cc(OC)c([I+]c2ccccc2)c(OC)c1. The second-order valence-corrected chi connectivity index (χ2v) is 6.60. The first-order chi connectivity index (χ1) is 9.28. The third-order valence-corrected chi connectivity index (χ3v) is 5.54. The van der Waals surface area contributed by atoms with Gasteiger partial charge in [-0.3, -0.25) is 0 Å². The molecular formula is C15H16IO3+. The van der Waals surface area contributed by atoms with Crippen LogP contribution in [0, 0.1) is 7.14 Å². The normalized spacial score (nSPS) is 10.1. The molecule has 0 aliphatic rings. The predicted molar refractivity (Wildman–Crippen MR) is 69.9 cm³/mol. The van der Waals surface area contributed by atoms with E-state index in [9.17, 15) is 0 Å². The van der Waals surface area contributed by atoms with Gasteiger partial charge in [-0.1, -0.05) is 18.2 Å². The van der Waals surface area contributed by atoms with Crippen LogP contribution in [0.15, 0.2) is 42.5 Å². The average molecular weight is 371 g/mol. The molecule has 0 aliphatic carbocycles. The van der Waals surface area contributed by atoms with Crippen LogP contribution in [0.2, 0.25) is 0 Å². The van der Waals surface area contributed by atoms with Gasteiger partial charge in [-0.2, -0.15) is 0 Å². The molecule has 100 valence electrons. The van der Waals surface area contributed by atoms with E-state index in [0.29, 0.717) is 0 Å². The number of rotatable bonds is 5. The maximum atomic E-state index is 5.47. The standard InChI is InChI=1S/C15H16IO3/c1-17-12-9-13(18-2)15(14(10-12)19-3)16-11-7-5-4-6-8-11/h4-10H,1-3H3/q+1. The lowest BCUT2D eigenvalue weighted by molar-refractivity contribution is -0.598. The fourth-order valence-electron chi connectivity index (χ4n) is 1.64. The Bertz CT molecular complexity index is 515. The molecule has 4 heteroatoms. The highest BCUT2D eigenvalue weighted by atomic mass is 127. The van der Waals surface area contributed by atoms with E-state index in [1.54, 1.807) is 21.3 Å². The van der Waals surface area contributed by atoms with Gasteiger partial charge in [0.05, 0.1) is 21.3 Å². The van der Waals surface area contributed by atoms with E-state index in [2.05, 4.69) is 24.3 Å². The fraction of sp³-hybridized carbons (Fsp3) is 0.200. The van der Waals surface area contributed by atoms with Gasteiger partial charge in [0.15, 0.2) is 15.1 Å². The minimum absolute atomic E-state index is 0.351. The lowest BCUT2D eigenvalue weighted by atomic mass is 10.3. The second-order valence-electron chi connectivity index (χ2n) is 3.74. The first kappa shape index (κ1) is 14.0. The van der Waals surface area contributed by atoms with E-state index in [-0.39, 0.29) is 21.2 Å². The van der Waals surface area contributed by atoms with Gasteiger partial charge in [0.1, 0.15) is 5.75 Å². The van der Waals surface area contributed by atoms with Crippen molar-refractivity contribution in [3.63, 3.8) is 0 Å². The Morgan fingerprint density at radius 3 is 1.84 bits per heavy atom. The van der Waals surface area contributed by atoms with Crippen molar-refractivity contribution < 1.29 is 35.4 Å². The van der Waals surface area contributed by atoms with Crippen molar-refractivity contribution in [3.05, 3.63) is 49.6 Å². The summed E-state index contributed by atoms with van der Waals surface area (Å²) in [6.07, 6.45) is 0. The van der Waals surface area contributed by atoms with E-state index >= 15 is 0 Å². The van der Waals surface area contributed by atoms with Crippen molar-refractivity contribution in [3.8, 4) is 17.2 Å². The molecule has 0 unspecified atom stereocenters. The molecule has 0 aliphatic heterocycles. The van der Waals surface area contributed by atoms with Crippen molar-refractivity contribution in [2.24, 2.45) is 0 Å². The molecule has 0 saturated carbocycles. The molecule has 2 aromatic carbocycles. The Hall–Kier alpha value is -1.43. The molecule has 0 amide bonds. The Balaban J connectivity index is 2.42. The van der Waals surface area contributed by atoms with Gasteiger partial charge < -0.3 is 14.2 Å². The highest BCUT2D eigenvalue weighted by Gasteiger charge is 2.27. The summed E-state index contributed by atoms with van der Waals surface area (Å²) in [4.78, 5) is 0. The highest BCUT2D eigenvalue weighted by Crippen LogP contribution is 2.27. The summed E-state index contributed by atoms with van der Waals surface area (Å²) >= 11 is -0.351. The van der Waals surface area contributed by atoms with Crippen molar-refractivity contribution >= 4 is 0 Å². The molecule has 19 heavy (non-hydrogen) atoms. The van der Waals surface area contributed by atoms with E-state index in [4.69, 9.17) is 14.2 Å². The van der Waals surface area contributed by atoms with Gasteiger partial charge in [0.25, 0.3) is 3.57 Å². The molecule has 0 aromatic heterocycles.